The zero-order chi connectivity index (χ0) is 12.0. The van der Waals surface area contributed by atoms with Gasteiger partial charge in [0.05, 0.1) is 12.2 Å². The molecule has 1 rings (SSSR count). The summed E-state index contributed by atoms with van der Waals surface area (Å²) in [5, 5.41) is 0. The third-order valence-corrected chi connectivity index (χ3v) is 2.55. The second-order valence-corrected chi connectivity index (χ2v) is 4.04. The minimum Gasteiger partial charge on any atom is -0.462 e. The van der Waals surface area contributed by atoms with Crippen LogP contribution in [0, 0.1) is 0 Å². The fraction of sp³-hybridized carbons (Fsp3) is 0.364. The van der Waals surface area contributed by atoms with Gasteiger partial charge in [0.2, 0.25) is 0 Å². The van der Waals surface area contributed by atoms with Gasteiger partial charge in [0.15, 0.2) is 0 Å². The Morgan fingerprint density at radius 3 is 2.75 bits per heavy atom. The Labute approximate surface area is 97.0 Å². The van der Waals surface area contributed by atoms with Crippen LogP contribution >= 0.6 is 11.8 Å². The molecular formula is C11H12F2O2S. The normalized spacial score (nSPS) is 10.5. The van der Waals surface area contributed by atoms with E-state index in [9.17, 15) is 13.6 Å². The van der Waals surface area contributed by atoms with E-state index in [-0.39, 0.29) is 10.5 Å². The Morgan fingerprint density at radius 1 is 1.44 bits per heavy atom. The lowest BCUT2D eigenvalue weighted by Crippen LogP contribution is -2.07. The number of thioether (sulfide) groups is 1. The molecule has 88 valence electrons. The number of hydrogen-bond donors (Lipinski definition) is 0. The highest BCUT2D eigenvalue weighted by Gasteiger charge is 2.15. The summed E-state index contributed by atoms with van der Waals surface area (Å²) in [6, 6.07) is 6.21. The lowest BCUT2D eigenvalue weighted by atomic mass is 10.2. The lowest BCUT2D eigenvalue weighted by Gasteiger charge is -2.07. The van der Waals surface area contributed by atoms with Crippen molar-refractivity contribution < 1.29 is 18.3 Å². The maximum Gasteiger partial charge on any atom is 0.339 e. The standard InChI is InChI=1S/C11H12F2O2S/c1-2-7-15-10(14)8-5-3-4-6-9(8)16-11(12)13/h3-6,11H,2,7H2,1H3. The smallest absolute Gasteiger partial charge is 0.339 e. The van der Waals surface area contributed by atoms with E-state index in [0.717, 1.165) is 0 Å². The molecule has 0 N–H and O–H groups in total. The van der Waals surface area contributed by atoms with Crippen LogP contribution in [-0.4, -0.2) is 18.3 Å². The number of esters is 1. The molecule has 0 radical (unpaired) electrons. The van der Waals surface area contributed by atoms with Crippen molar-refractivity contribution in [3.63, 3.8) is 0 Å². The molecule has 0 aliphatic heterocycles. The highest BCUT2D eigenvalue weighted by Crippen LogP contribution is 2.28. The van der Waals surface area contributed by atoms with E-state index in [1.165, 1.54) is 12.1 Å². The molecule has 0 fully saturated rings. The Kier molecular flexibility index (Phi) is 5.25. The van der Waals surface area contributed by atoms with E-state index in [1.807, 2.05) is 6.92 Å². The predicted octanol–water partition coefficient (Wildman–Crippen LogP) is 3.57. The number of alkyl halides is 2. The Balaban J connectivity index is 2.81. The number of ether oxygens (including phenoxy) is 1. The average Bonchev–Trinajstić information content (AvgIpc) is 2.26. The monoisotopic (exact) mass is 246 g/mol. The van der Waals surface area contributed by atoms with E-state index in [2.05, 4.69) is 0 Å². The first-order valence-corrected chi connectivity index (χ1v) is 5.74. The summed E-state index contributed by atoms with van der Waals surface area (Å²) in [5.74, 6) is -3.09. The maximum absolute atomic E-state index is 12.2. The molecule has 0 amide bonds. The third kappa shape index (κ3) is 3.81. The quantitative estimate of drug-likeness (QED) is 0.587. The Morgan fingerprint density at radius 2 is 2.12 bits per heavy atom. The van der Waals surface area contributed by atoms with Gasteiger partial charge in [0.25, 0.3) is 5.76 Å². The van der Waals surface area contributed by atoms with Crippen molar-refractivity contribution in [2.45, 2.75) is 24.0 Å². The molecule has 0 bridgehead atoms. The van der Waals surface area contributed by atoms with Gasteiger partial charge in [-0.25, -0.2) is 4.79 Å². The van der Waals surface area contributed by atoms with Gasteiger partial charge in [0, 0.05) is 4.90 Å². The molecular weight excluding hydrogens is 234 g/mol. The van der Waals surface area contributed by atoms with Crippen molar-refractivity contribution in [3.8, 4) is 0 Å². The molecule has 1 aromatic carbocycles. The summed E-state index contributed by atoms with van der Waals surface area (Å²) in [5.41, 5.74) is 0.196. The Bertz CT molecular complexity index is 356. The van der Waals surface area contributed by atoms with Crippen molar-refractivity contribution in [2.24, 2.45) is 0 Å². The van der Waals surface area contributed by atoms with E-state index < -0.39 is 11.7 Å². The summed E-state index contributed by atoms with van der Waals surface area (Å²) in [7, 11) is 0. The van der Waals surface area contributed by atoms with Crippen LogP contribution in [0.1, 0.15) is 23.7 Å². The highest BCUT2D eigenvalue weighted by molar-refractivity contribution is 7.99. The number of benzene rings is 1. The van der Waals surface area contributed by atoms with Gasteiger partial charge >= 0.3 is 5.97 Å². The van der Waals surface area contributed by atoms with Crippen LogP contribution in [0.4, 0.5) is 8.78 Å². The number of rotatable bonds is 5. The van der Waals surface area contributed by atoms with Crippen LogP contribution in [0.3, 0.4) is 0 Å². The highest BCUT2D eigenvalue weighted by atomic mass is 32.2. The molecule has 1 aromatic rings. The van der Waals surface area contributed by atoms with E-state index >= 15 is 0 Å². The molecule has 16 heavy (non-hydrogen) atoms. The van der Waals surface area contributed by atoms with E-state index in [4.69, 9.17) is 4.74 Å². The molecule has 0 saturated heterocycles. The van der Waals surface area contributed by atoms with Gasteiger partial charge in [-0.2, -0.15) is 8.78 Å². The van der Waals surface area contributed by atoms with Gasteiger partial charge in [-0.1, -0.05) is 30.8 Å². The zero-order valence-electron chi connectivity index (χ0n) is 8.78. The SMILES string of the molecule is CCCOC(=O)c1ccccc1SC(F)F. The van der Waals surface area contributed by atoms with Crippen LogP contribution in [0.25, 0.3) is 0 Å². The van der Waals surface area contributed by atoms with Crippen molar-refractivity contribution in [1.29, 1.82) is 0 Å². The molecule has 5 heteroatoms. The molecule has 0 atom stereocenters. The van der Waals surface area contributed by atoms with Gasteiger partial charge in [0.1, 0.15) is 0 Å². The molecule has 0 heterocycles. The van der Waals surface area contributed by atoms with Crippen molar-refractivity contribution in [2.75, 3.05) is 6.61 Å². The fourth-order valence-electron chi connectivity index (χ4n) is 1.11. The molecule has 0 spiro atoms. The van der Waals surface area contributed by atoms with Crippen LogP contribution in [0.2, 0.25) is 0 Å². The molecule has 2 nitrogen and oxygen atoms in total. The largest absolute Gasteiger partial charge is 0.462 e. The number of hydrogen-bond acceptors (Lipinski definition) is 3. The van der Waals surface area contributed by atoms with Crippen LogP contribution in [-0.2, 0) is 4.74 Å². The first kappa shape index (κ1) is 13.0. The number of carbonyl (C=O) groups is 1. The second kappa shape index (κ2) is 6.48. The lowest BCUT2D eigenvalue weighted by molar-refractivity contribution is 0.0501. The molecule has 0 saturated carbocycles. The molecule has 0 unspecified atom stereocenters. The Hall–Kier alpha value is -1.10. The first-order valence-electron chi connectivity index (χ1n) is 4.86. The van der Waals surface area contributed by atoms with Gasteiger partial charge in [-0.15, -0.1) is 0 Å². The predicted molar refractivity (Wildman–Crippen MR) is 58.9 cm³/mol. The van der Waals surface area contributed by atoms with E-state index in [0.29, 0.717) is 24.8 Å². The van der Waals surface area contributed by atoms with Crippen LogP contribution in [0.15, 0.2) is 29.2 Å². The molecule has 0 aliphatic carbocycles. The first-order chi connectivity index (χ1) is 7.65. The summed E-state index contributed by atoms with van der Waals surface area (Å²) < 4.78 is 29.4. The zero-order valence-corrected chi connectivity index (χ0v) is 9.60. The van der Waals surface area contributed by atoms with Crippen molar-refractivity contribution in [1.82, 2.24) is 0 Å². The second-order valence-electron chi connectivity index (χ2n) is 3.01. The average molecular weight is 246 g/mol. The third-order valence-electron chi connectivity index (χ3n) is 1.76. The van der Waals surface area contributed by atoms with Gasteiger partial charge in [-0.05, 0) is 18.6 Å². The minimum atomic E-state index is -2.54. The summed E-state index contributed by atoms with van der Waals surface area (Å²) in [6.07, 6.45) is 0.704. The summed E-state index contributed by atoms with van der Waals surface area (Å²) in [6.45, 7) is 2.17. The van der Waals surface area contributed by atoms with Gasteiger partial charge < -0.3 is 4.74 Å². The minimum absolute atomic E-state index is 0.196. The van der Waals surface area contributed by atoms with Crippen LogP contribution < -0.4 is 0 Å². The number of halogens is 2. The summed E-state index contributed by atoms with van der Waals surface area (Å²) in [4.78, 5) is 11.8. The van der Waals surface area contributed by atoms with Crippen molar-refractivity contribution in [3.05, 3.63) is 29.8 Å². The fourth-order valence-corrected chi connectivity index (χ4v) is 1.73. The summed E-state index contributed by atoms with van der Waals surface area (Å²) >= 11 is 0.353. The van der Waals surface area contributed by atoms with Crippen molar-refractivity contribution >= 4 is 17.7 Å². The molecule has 0 aliphatic rings. The van der Waals surface area contributed by atoms with Crippen LogP contribution in [0.5, 0.6) is 0 Å². The van der Waals surface area contributed by atoms with Gasteiger partial charge in [-0.3, -0.25) is 0 Å². The molecule has 0 aromatic heterocycles. The topological polar surface area (TPSA) is 26.3 Å². The number of carbonyl (C=O) groups excluding carboxylic acids is 1. The van der Waals surface area contributed by atoms with E-state index in [1.54, 1.807) is 12.1 Å². The maximum atomic E-state index is 12.2.